The highest BCUT2D eigenvalue weighted by atomic mass is 32.1. The Balaban J connectivity index is 1.75. The van der Waals surface area contributed by atoms with E-state index in [1.165, 1.54) is 11.3 Å². The van der Waals surface area contributed by atoms with Crippen molar-refractivity contribution < 1.29 is 9.53 Å². The number of benzene rings is 1. The molecule has 2 N–H and O–H groups in total. The normalized spacial score (nSPS) is 10.7. The van der Waals surface area contributed by atoms with Crippen LogP contribution in [0, 0.1) is 0 Å². The number of H-pyrrole nitrogens is 1. The van der Waals surface area contributed by atoms with Crippen molar-refractivity contribution in [3.63, 3.8) is 0 Å². The van der Waals surface area contributed by atoms with Crippen LogP contribution in [0.3, 0.4) is 0 Å². The van der Waals surface area contributed by atoms with Crippen molar-refractivity contribution in [2.75, 3.05) is 12.4 Å². The second-order valence-electron chi connectivity index (χ2n) is 4.30. The van der Waals surface area contributed by atoms with Gasteiger partial charge in [0.15, 0.2) is 5.13 Å². The molecule has 3 aromatic rings. The lowest BCUT2D eigenvalue weighted by atomic mass is 10.2. The number of ether oxygens (including phenoxy) is 1. The van der Waals surface area contributed by atoms with Gasteiger partial charge in [0.05, 0.1) is 23.7 Å². The minimum atomic E-state index is -0.0735. The molecule has 0 aliphatic carbocycles. The smallest absolute Gasteiger partial charge is 0.230 e. The molecule has 20 heavy (non-hydrogen) atoms. The van der Waals surface area contributed by atoms with Crippen molar-refractivity contribution in [3.05, 3.63) is 42.2 Å². The minimum Gasteiger partial charge on any atom is -0.497 e. The first-order chi connectivity index (χ1) is 9.74. The number of hydrogen-bond donors (Lipinski definition) is 2. The fourth-order valence-corrected chi connectivity index (χ4v) is 2.81. The summed E-state index contributed by atoms with van der Waals surface area (Å²) in [5.74, 6) is 0.710. The number of hydrogen-bond acceptors (Lipinski definition) is 4. The first-order valence-electron chi connectivity index (χ1n) is 6.11. The number of fused-ring (bicyclic) bond motifs is 1. The van der Waals surface area contributed by atoms with Crippen molar-refractivity contribution >= 4 is 32.6 Å². The summed E-state index contributed by atoms with van der Waals surface area (Å²) in [4.78, 5) is 19.2. The molecule has 102 valence electrons. The van der Waals surface area contributed by atoms with Gasteiger partial charge in [0, 0.05) is 12.4 Å². The molecule has 0 aliphatic heterocycles. The lowest BCUT2D eigenvalue weighted by molar-refractivity contribution is -0.115. The number of carbonyl (C=O) groups excluding carboxylic acids is 1. The molecule has 2 heterocycles. The summed E-state index contributed by atoms with van der Waals surface area (Å²) in [6.07, 6.45) is 3.94. The monoisotopic (exact) mass is 287 g/mol. The number of carbonyl (C=O) groups is 1. The molecule has 0 radical (unpaired) electrons. The summed E-state index contributed by atoms with van der Waals surface area (Å²) < 4.78 is 6.16. The van der Waals surface area contributed by atoms with Crippen LogP contribution in [0.5, 0.6) is 5.75 Å². The SMILES string of the molecule is COc1ccc2nc(NC(=O)Cc3cc[nH]c3)sc2c1. The van der Waals surface area contributed by atoms with Gasteiger partial charge in [-0.15, -0.1) is 0 Å². The molecule has 0 fully saturated rings. The average Bonchev–Trinajstić information content (AvgIpc) is 3.06. The van der Waals surface area contributed by atoms with Gasteiger partial charge in [-0.25, -0.2) is 4.98 Å². The third-order valence-corrected chi connectivity index (χ3v) is 3.80. The highest BCUT2D eigenvalue weighted by molar-refractivity contribution is 7.22. The molecule has 5 nitrogen and oxygen atoms in total. The number of rotatable bonds is 4. The van der Waals surface area contributed by atoms with Crippen molar-refractivity contribution in [2.24, 2.45) is 0 Å². The summed E-state index contributed by atoms with van der Waals surface area (Å²) in [5.41, 5.74) is 1.80. The maximum Gasteiger partial charge on any atom is 0.230 e. The zero-order valence-corrected chi connectivity index (χ0v) is 11.7. The maximum absolute atomic E-state index is 11.9. The molecule has 0 bridgehead atoms. The van der Waals surface area contributed by atoms with Crippen LogP contribution in [-0.4, -0.2) is 23.0 Å². The number of nitrogens with one attached hydrogen (secondary N) is 2. The van der Waals surface area contributed by atoms with E-state index in [0.29, 0.717) is 11.6 Å². The Bertz CT molecular complexity index is 734. The molecule has 2 aromatic heterocycles. The molecule has 0 saturated heterocycles. The fraction of sp³-hybridized carbons (Fsp3) is 0.143. The molecule has 3 rings (SSSR count). The van der Waals surface area contributed by atoms with Gasteiger partial charge in [-0.1, -0.05) is 11.3 Å². The number of aromatic nitrogens is 2. The predicted molar refractivity (Wildman–Crippen MR) is 79.3 cm³/mol. The Hall–Kier alpha value is -2.34. The van der Waals surface area contributed by atoms with E-state index < -0.39 is 0 Å². The van der Waals surface area contributed by atoms with E-state index >= 15 is 0 Å². The van der Waals surface area contributed by atoms with E-state index in [0.717, 1.165) is 21.5 Å². The minimum absolute atomic E-state index is 0.0735. The molecule has 1 aromatic carbocycles. The summed E-state index contributed by atoms with van der Waals surface area (Å²) >= 11 is 1.44. The van der Waals surface area contributed by atoms with Crippen LogP contribution in [0.4, 0.5) is 5.13 Å². The Morgan fingerprint density at radius 3 is 3.10 bits per heavy atom. The standard InChI is InChI=1S/C14H13N3O2S/c1-19-10-2-3-11-12(7-10)20-14(16-11)17-13(18)6-9-4-5-15-8-9/h2-5,7-8,15H,6H2,1H3,(H,16,17,18). The third-order valence-electron chi connectivity index (χ3n) is 2.87. The van der Waals surface area contributed by atoms with Gasteiger partial charge in [-0.3, -0.25) is 4.79 Å². The number of amides is 1. The molecule has 0 unspecified atom stereocenters. The Labute approximate surface area is 119 Å². The van der Waals surface area contributed by atoms with E-state index in [4.69, 9.17) is 4.74 Å². The molecular formula is C14H13N3O2S. The second-order valence-corrected chi connectivity index (χ2v) is 5.33. The van der Waals surface area contributed by atoms with E-state index in [1.807, 2.05) is 30.5 Å². The lowest BCUT2D eigenvalue weighted by Crippen LogP contribution is -2.13. The fourth-order valence-electron chi connectivity index (χ4n) is 1.90. The van der Waals surface area contributed by atoms with Crippen molar-refractivity contribution in [2.45, 2.75) is 6.42 Å². The highest BCUT2D eigenvalue weighted by Gasteiger charge is 2.09. The number of thiazole rings is 1. The molecule has 0 aliphatic rings. The van der Waals surface area contributed by atoms with Crippen LogP contribution in [-0.2, 0) is 11.2 Å². The van der Waals surface area contributed by atoms with Crippen molar-refractivity contribution in [1.29, 1.82) is 0 Å². The maximum atomic E-state index is 11.9. The molecule has 0 spiro atoms. The molecular weight excluding hydrogens is 274 g/mol. The van der Waals surface area contributed by atoms with Gasteiger partial charge in [-0.2, -0.15) is 0 Å². The topological polar surface area (TPSA) is 67.0 Å². The highest BCUT2D eigenvalue weighted by Crippen LogP contribution is 2.29. The van der Waals surface area contributed by atoms with Gasteiger partial charge >= 0.3 is 0 Å². The number of nitrogens with zero attached hydrogens (tertiary/aromatic N) is 1. The Morgan fingerprint density at radius 2 is 2.35 bits per heavy atom. The van der Waals surface area contributed by atoms with Gasteiger partial charge in [0.2, 0.25) is 5.91 Å². The summed E-state index contributed by atoms with van der Waals surface area (Å²) in [5, 5.41) is 3.43. The largest absolute Gasteiger partial charge is 0.497 e. The molecule has 1 amide bonds. The average molecular weight is 287 g/mol. The van der Waals surface area contributed by atoms with E-state index in [1.54, 1.807) is 13.3 Å². The van der Waals surface area contributed by atoms with Crippen molar-refractivity contribution in [1.82, 2.24) is 9.97 Å². The summed E-state index contributed by atoms with van der Waals surface area (Å²) in [6.45, 7) is 0. The zero-order valence-electron chi connectivity index (χ0n) is 10.8. The van der Waals surface area contributed by atoms with E-state index in [2.05, 4.69) is 15.3 Å². The Morgan fingerprint density at radius 1 is 1.45 bits per heavy atom. The lowest BCUT2D eigenvalue weighted by Gasteiger charge is -1.98. The van der Waals surface area contributed by atoms with Crippen molar-refractivity contribution in [3.8, 4) is 5.75 Å². The first-order valence-corrected chi connectivity index (χ1v) is 6.92. The first kappa shape index (κ1) is 12.7. The number of anilines is 1. The van der Waals surface area contributed by atoms with Gasteiger partial charge in [0.1, 0.15) is 5.75 Å². The molecule has 6 heteroatoms. The van der Waals surface area contributed by atoms with E-state index in [9.17, 15) is 4.79 Å². The summed E-state index contributed by atoms with van der Waals surface area (Å²) in [7, 11) is 1.63. The van der Waals surface area contributed by atoms with Crippen LogP contribution >= 0.6 is 11.3 Å². The van der Waals surface area contributed by atoms with Crippen LogP contribution in [0.2, 0.25) is 0 Å². The predicted octanol–water partition coefficient (Wildman–Crippen LogP) is 2.81. The number of aromatic amines is 1. The zero-order chi connectivity index (χ0) is 13.9. The van der Waals surface area contributed by atoms with Gasteiger partial charge in [0.25, 0.3) is 0 Å². The Kier molecular flexibility index (Phi) is 3.39. The third kappa shape index (κ3) is 2.65. The summed E-state index contributed by atoms with van der Waals surface area (Å²) in [6, 6.07) is 7.53. The van der Waals surface area contributed by atoms with Crippen LogP contribution in [0.15, 0.2) is 36.7 Å². The molecule has 0 atom stereocenters. The van der Waals surface area contributed by atoms with Gasteiger partial charge in [-0.05, 0) is 29.8 Å². The van der Waals surface area contributed by atoms with Crippen LogP contribution in [0.1, 0.15) is 5.56 Å². The quantitative estimate of drug-likeness (QED) is 0.775. The van der Waals surface area contributed by atoms with Gasteiger partial charge < -0.3 is 15.0 Å². The van der Waals surface area contributed by atoms with Crippen LogP contribution < -0.4 is 10.1 Å². The number of methoxy groups -OCH3 is 1. The van der Waals surface area contributed by atoms with Crippen LogP contribution in [0.25, 0.3) is 10.2 Å². The van der Waals surface area contributed by atoms with E-state index in [-0.39, 0.29) is 5.91 Å². The second kappa shape index (κ2) is 5.34. The molecule has 0 saturated carbocycles.